The standard InChI is InChI=1S/C6H10O2.C4H2N2.C3H4O2/c1-3-5-6(7)8-4-2;1-4(2-5)3-6;1-2-5-3-4/h4H,2-3,5H2,1H3;1H2;2-3H,1H2. The lowest BCUT2D eigenvalue weighted by Crippen LogP contribution is -1.96. The lowest BCUT2D eigenvalue weighted by Gasteiger charge is -1.92. The molecule has 0 radical (unpaired) electrons. The minimum absolute atomic E-state index is 0.0463. The SMILES string of the molecule is C=C(C#N)C#N.C=COC(=O)CCC.C=COC=O. The highest BCUT2D eigenvalue weighted by Crippen LogP contribution is 1.89. The maximum atomic E-state index is 10.3. The number of carbonyl (C=O) groups is 2. The van der Waals surface area contributed by atoms with Crippen molar-refractivity contribution in [3.63, 3.8) is 0 Å². The molecule has 0 aliphatic carbocycles. The van der Waals surface area contributed by atoms with Gasteiger partial charge in [-0.3, -0.25) is 9.59 Å². The van der Waals surface area contributed by atoms with E-state index in [-0.39, 0.29) is 11.5 Å². The van der Waals surface area contributed by atoms with Gasteiger partial charge in [0.1, 0.15) is 17.7 Å². The molecule has 0 amide bonds. The Morgan fingerprint density at radius 3 is 1.95 bits per heavy atom. The second-order valence-electron chi connectivity index (χ2n) is 2.51. The lowest BCUT2D eigenvalue weighted by atomic mass is 10.3. The Hall–Kier alpha value is -2.86. The van der Waals surface area contributed by atoms with Crippen LogP contribution in [0.2, 0.25) is 0 Å². The number of esters is 1. The molecule has 0 heterocycles. The molecule has 0 saturated carbocycles. The van der Waals surface area contributed by atoms with Crippen LogP contribution in [0.15, 0.2) is 37.8 Å². The first-order chi connectivity index (χ1) is 9.03. The summed E-state index contributed by atoms with van der Waals surface area (Å²) < 4.78 is 8.32. The zero-order chi connectivity index (χ0) is 15.5. The van der Waals surface area contributed by atoms with E-state index in [1.165, 1.54) is 0 Å². The van der Waals surface area contributed by atoms with Gasteiger partial charge in [-0.1, -0.05) is 26.7 Å². The second kappa shape index (κ2) is 20.5. The summed E-state index contributed by atoms with van der Waals surface area (Å²) >= 11 is 0. The zero-order valence-corrected chi connectivity index (χ0v) is 10.8. The summed E-state index contributed by atoms with van der Waals surface area (Å²) in [6.45, 7) is 11.6. The van der Waals surface area contributed by atoms with Crippen LogP contribution in [0.25, 0.3) is 0 Å². The number of rotatable bonds is 5. The Bertz CT molecular complexity index is 353. The highest BCUT2D eigenvalue weighted by Gasteiger charge is 1.94. The van der Waals surface area contributed by atoms with Crippen molar-refractivity contribution in [2.75, 3.05) is 0 Å². The molecule has 6 nitrogen and oxygen atoms in total. The van der Waals surface area contributed by atoms with Crippen molar-refractivity contribution in [2.45, 2.75) is 19.8 Å². The molecule has 0 aromatic heterocycles. The molecule has 6 heteroatoms. The van der Waals surface area contributed by atoms with Gasteiger partial charge in [-0.2, -0.15) is 10.5 Å². The van der Waals surface area contributed by atoms with Crippen LogP contribution >= 0.6 is 0 Å². The summed E-state index contributed by atoms with van der Waals surface area (Å²) in [4.78, 5) is 19.5. The molecule has 0 aromatic rings. The highest BCUT2D eigenvalue weighted by molar-refractivity contribution is 5.69. The number of nitriles is 2. The van der Waals surface area contributed by atoms with Crippen LogP contribution in [-0.2, 0) is 19.1 Å². The molecule has 0 fully saturated rings. The fraction of sp³-hybridized carbons (Fsp3) is 0.231. The minimum atomic E-state index is -0.206. The summed E-state index contributed by atoms with van der Waals surface area (Å²) in [6.07, 6.45) is 3.52. The number of hydrogen-bond donors (Lipinski definition) is 0. The van der Waals surface area contributed by atoms with Gasteiger partial charge in [0.2, 0.25) is 0 Å². The van der Waals surface area contributed by atoms with Gasteiger partial charge in [0.15, 0.2) is 0 Å². The lowest BCUT2D eigenvalue weighted by molar-refractivity contribution is -0.138. The first-order valence-electron chi connectivity index (χ1n) is 5.03. The number of allylic oxidation sites excluding steroid dienone is 1. The van der Waals surface area contributed by atoms with Crippen molar-refractivity contribution in [1.82, 2.24) is 0 Å². The van der Waals surface area contributed by atoms with E-state index >= 15 is 0 Å². The Kier molecular flexibility index (Phi) is 23.2. The van der Waals surface area contributed by atoms with Gasteiger partial charge in [0, 0.05) is 6.42 Å². The third-order valence-electron chi connectivity index (χ3n) is 1.09. The quantitative estimate of drug-likeness (QED) is 0.327. The van der Waals surface area contributed by atoms with Gasteiger partial charge in [-0.15, -0.1) is 0 Å². The van der Waals surface area contributed by atoms with E-state index in [4.69, 9.17) is 15.3 Å². The number of carbonyl (C=O) groups excluding carboxylic acids is 2. The number of ether oxygens (including phenoxy) is 2. The molecule has 0 saturated heterocycles. The van der Waals surface area contributed by atoms with E-state index in [9.17, 15) is 4.79 Å². The van der Waals surface area contributed by atoms with Gasteiger partial charge < -0.3 is 9.47 Å². The molecule has 0 unspecified atom stereocenters. The molecule has 0 rings (SSSR count). The smallest absolute Gasteiger partial charge is 0.310 e. The maximum Gasteiger partial charge on any atom is 0.310 e. The van der Waals surface area contributed by atoms with Gasteiger partial charge in [0.05, 0.1) is 12.5 Å². The maximum absolute atomic E-state index is 10.3. The zero-order valence-electron chi connectivity index (χ0n) is 10.8. The van der Waals surface area contributed by atoms with E-state index < -0.39 is 0 Å². The number of nitrogens with zero attached hydrogens (tertiary/aromatic N) is 2. The van der Waals surface area contributed by atoms with E-state index in [0.717, 1.165) is 18.9 Å². The second-order valence-corrected chi connectivity index (χ2v) is 2.51. The predicted octanol–water partition coefficient (Wildman–Crippen LogP) is 2.37. The molecule has 0 bridgehead atoms. The molecule has 0 aliphatic heterocycles. The summed E-state index contributed by atoms with van der Waals surface area (Å²) in [7, 11) is 0. The van der Waals surface area contributed by atoms with Crippen molar-refractivity contribution in [2.24, 2.45) is 0 Å². The normalized spacial score (nSPS) is 6.47. The van der Waals surface area contributed by atoms with Crippen molar-refractivity contribution in [1.29, 1.82) is 10.5 Å². The third kappa shape index (κ3) is 31.3. The van der Waals surface area contributed by atoms with Gasteiger partial charge in [-0.25, -0.2) is 0 Å². The first kappa shape index (κ1) is 21.4. The van der Waals surface area contributed by atoms with Crippen LogP contribution in [0.1, 0.15) is 19.8 Å². The van der Waals surface area contributed by atoms with Gasteiger partial charge in [0.25, 0.3) is 6.47 Å². The van der Waals surface area contributed by atoms with Crippen LogP contribution in [0, 0.1) is 22.7 Å². The Morgan fingerprint density at radius 2 is 1.79 bits per heavy atom. The fourth-order valence-electron chi connectivity index (χ4n) is 0.420. The summed E-state index contributed by atoms with van der Waals surface area (Å²) in [5, 5.41) is 15.5. The summed E-state index contributed by atoms with van der Waals surface area (Å²) in [5.41, 5.74) is -0.0463. The molecule has 0 aromatic carbocycles. The number of hydrogen-bond acceptors (Lipinski definition) is 6. The van der Waals surface area contributed by atoms with E-state index in [2.05, 4.69) is 29.2 Å². The topological polar surface area (TPSA) is 100 Å². The van der Waals surface area contributed by atoms with Crippen molar-refractivity contribution in [3.8, 4) is 12.1 Å². The molecule has 0 aliphatic rings. The average molecular weight is 264 g/mol. The first-order valence-corrected chi connectivity index (χ1v) is 5.03. The molecular weight excluding hydrogens is 248 g/mol. The minimum Gasteiger partial charge on any atom is -0.437 e. The monoisotopic (exact) mass is 264 g/mol. The Morgan fingerprint density at radius 1 is 1.26 bits per heavy atom. The van der Waals surface area contributed by atoms with Crippen molar-refractivity contribution < 1.29 is 19.1 Å². The van der Waals surface area contributed by atoms with Gasteiger partial charge >= 0.3 is 5.97 Å². The molecule has 0 spiro atoms. The van der Waals surface area contributed by atoms with E-state index in [0.29, 0.717) is 12.9 Å². The fourth-order valence-corrected chi connectivity index (χ4v) is 0.420. The van der Waals surface area contributed by atoms with E-state index in [1.807, 2.05) is 6.92 Å². The van der Waals surface area contributed by atoms with Crippen LogP contribution in [0.4, 0.5) is 0 Å². The molecule has 0 atom stereocenters. The molecule has 102 valence electrons. The summed E-state index contributed by atoms with van der Waals surface area (Å²) in [5.74, 6) is -0.206. The van der Waals surface area contributed by atoms with Crippen LogP contribution < -0.4 is 0 Å². The van der Waals surface area contributed by atoms with Crippen molar-refractivity contribution >= 4 is 12.4 Å². The largest absolute Gasteiger partial charge is 0.437 e. The van der Waals surface area contributed by atoms with E-state index in [1.54, 1.807) is 12.1 Å². The average Bonchev–Trinajstić information content (AvgIpc) is 2.41. The highest BCUT2D eigenvalue weighted by atomic mass is 16.5. The predicted molar refractivity (Wildman–Crippen MR) is 68.9 cm³/mol. The third-order valence-corrected chi connectivity index (χ3v) is 1.09. The van der Waals surface area contributed by atoms with Crippen LogP contribution in [0.3, 0.4) is 0 Å². The molecule has 0 N–H and O–H groups in total. The van der Waals surface area contributed by atoms with Crippen LogP contribution in [0.5, 0.6) is 0 Å². The summed E-state index contributed by atoms with van der Waals surface area (Å²) in [6, 6.07) is 3.12. The Labute approximate surface area is 112 Å². The Balaban J connectivity index is -0.000000209. The molecular formula is C13H16N2O4. The van der Waals surface area contributed by atoms with Crippen LogP contribution in [-0.4, -0.2) is 12.4 Å². The van der Waals surface area contributed by atoms with Crippen molar-refractivity contribution in [3.05, 3.63) is 37.8 Å². The molecule has 19 heavy (non-hydrogen) atoms. The van der Waals surface area contributed by atoms with Gasteiger partial charge in [-0.05, 0) is 6.42 Å².